The first-order valence-corrected chi connectivity index (χ1v) is 11.2. The first-order valence-electron chi connectivity index (χ1n) is 11.2. The molecular formula is C24H34N2O2. The second-order valence-electron chi connectivity index (χ2n) is 10.2. The van der Waals surface area contributed by atoms with Gasteiger partial charge in [-0.2, -0.15) is 0 Å². The van der Waals surface area contributed by atoms with Gasteiger partial charge in [-0.05, 0) is 80.9 Å². The van der Waals surface area contributed by atoms with Crippen LogP contribution in [0.4, 0.5) is 0 Å². The maximum Gasteiger partial charge on any atom is 0.119 e. The number of hydrogen-bond acceptors (Lipinski definition) is 4. The number of ether oxygens (including phenoxy) is 2. The SMILES string of the molecule is COC[C@@H]1CCCN1CC[C@@]12c3cc(OC)ccc3CC34C(C31)N(C)[C@H]4[C@@H]2C. The largest absolute Gasteiger partial charge is 0.497 e. The third-order valence-corrected chi connectivity index (χ3v) is 9.59. The zero-order valence-electron chi connectivity index (χ0n) is 17.8. The van der Waals surface area contributed by atoms with Crippen LogP contribution < -0.4 is 4.74 Å². The van der Waals surface area contributed by atoms with E-state index in [9.17, 15) is 0 Å². The van der Waals surface area contributed by atoms with Crippen LogP contribution in [-0.4, -0.2) is 68.9 Å². The highest BCUT2D eigenvalue weighted by Gasteiger charge is 2.91. The third-order valence-electron chi connectivity index (χ3n) is 9.59. The van der Waals surface area contributed by atoms with Crippen LogP contribution in [0.25, 0.3) is 0 Å². The zero-order valence-corrected chi connectivity index (χ0v) is 17.8. The number of rotatable bonds is 6. The van der Waals surface area contributed by atoms with Crippen LogP contribution in [0.3, 0.4) is 0 Å². The second kappa shape index (κ2) is 5.74. The van der Waals surface area contributed by atoms with Gasteiger partial charge in [-0.25, -0.2) is 0 Å². The van der Waals surface area contributed by atoms with Crippen molar-refractivity contribution in [2.45, 2.75) is 56.1 Å². The number of likely N-dealkylation sites (tertiary alicyclic amines) is 2. The normalized spacial score (nSPS) is 45.5. The first-order chi connectivity index (χ1) is 13.6. The lowest BCUT2D eigenvalue weighted by molar-refractivity contribution is -0.0157. The van der Waals surface area contributed by atoms with E-state index in [0.717, 1.165) is 36.3 Å². The summed E-state index contributed by atoms with van der Waals surface area (Å²) in [6.45, 7) is 5.89. The molecule has 5 aliphatic rings. The molecule has 2 saturated heterocycles. The third kappa shape index (κ3) is 1.84. The minimum Gasteiger partial charge on any atom is -0.497 e. The van der Waals surface area contributed by atoms with Gasteiger partial charge >= 0.3 is 0 Å². The topological polar surface area (TPSA) is 24.9 Å². The molecule has 1 spiro atoms. The van der Waals surface area contributed by atoms with Gasteiger partial charge < -0.3 is 9.47 Å². The summed E-state index contributed by atoms with van der Waals surface area (Å²) in [5.41, 5.74) is 4.16. The molecule has 0 radical (unpaired) electrons. The predicted molar refractivity (Wildman–Crippen MR) is 110 cm³/mol. The second-order valence-corrected chi connectivity index (χ2v) is 10.2. The van der Waals surface area contributed by atoms with Gasteiger partial charge in [0.2, 0.25) is 0 Å². The standard InChI is InChI=1S/C24H34N2O2/c1-15-21-24-13-16-7-8-18(28-4)12-19(16)23(15,20(24)22(24)25(21)2)9-11-26-10-5-6-17(26)14-27-3/h7-8,12,15,17,20-22H,5-6,9-11,13-14H2,1-4H3/t15-,17-,20?,21-,22?,23+,24?/m0/s1. The Labute approximate surface area is 169 Å². The van der Waals surface area contributed by atoms with Crippen molar-refractivity contribution in [3.8, 4) is 5.75 Å². The fourth-order valence-corrected chi connectivity index (χ4v) is 8.77. The van der Waals surface area contributed by atoms with Crippen molar-refractivity contribution in [2.75, 3.05) is 41.0 Å². The van der Waals surface area contributed by atoms with Crippen molar-refractivity contribution in [3.63, 3.8) is 0 Å². The molecular weight excluding hydrogens is 348 g/mol. The molecule has 2 aliphatic heterocycles. The summed E-state index contributed by atoms with van der Waals surface area (Å²) in [4.78, 5) is 5.43. The average Bonchev–Trinajstić information content (AvgIpc) is 2.97. The Hall–Kier alpha value is -1.10. The van der Waals surface area contributed by atoms with Gasteiger partial charge in [0, 0.05) is 36.1 Å². The Morgan fingerprint density at radius 3 is 2.86 bits per heavy atom. The van der Waals surface area contributed by atoms with Crippen LogP contribution in [0.15, 0.2) is 18.2 Å². The Kier molecular flexibility index (Phi) is 3.63. The van der Waals surface area contributed by atoms with E-state index >= 15 is 0 Å². The van der Waals surface area contributed by atoms with Gasteiger partial charge in [0.15, 0.2) is 0 Å². The van der Waals surface area contributed by atoms with E-state index in [1.165, 1.54) is 38.8 Å². The van der Waals surface area contributed by atoms with Crippen LogP contribution in [0.5, 0.6) is 5.75 Å². The van der Waals surface area contributed by atoms with E-state index in [2.05, 4.69) is 42.0 Å². The highest BCUT2D eigenvalue weighted by atomic mass is 16.5. The molecule has 4 nitrogen and oxygen atoms in total. The molecule has 152 valence electrons. The summed E-state index contributed by atoms with van der Waals surface area (Å²) in [6.07, 6.45) is 5.20. The lowest BCUT2D eigenvalue weighted by Gasteiger charge is -2.51. The molecule has 1 aromatic carbocycles. The van der Waals surface area contributed by atoms with E-state index in [4.69, 9.17) is 9.47 Å². The van der Waals surface area contributed by atoms with Gasteiger partial charge in [-0.15, -0.1) is 0 Å². The van der Waals surface area contributed by atoms with Crippen molar-refractivity contribution in [1.82, 2.24) is 9.80 Å². The number of piperidine rings is 1. The van der Waals surface area contributed by atoms with Crippen molar-refractivity contribution in [3.05, 3.63) is 29.3 Å². The van der Waals surface area contributed by atoms with Gasteiger partial charge in [0.25, 0.3) is 0 Å². The monoisotopic (exact) mass is 382 g/mol. The summed E-state index contributed by atoms with van der Waals surface area (Å²) >= 11 is 0. The number of hydrogen-bond donors (Lipinski definition) is 0. The van der Waals surface area contributed by atoms with Crippen molar-refractivity contribution in [2.24, 2.45) is 17.3 Å². The predicted octanol–water partition coefficient (Wildman–Crippen LogP) is 2.94. The van der Waals surface area contributed by atoms with Crippen molar-refractivity contribution < 1.29 is 9.47 Å². The van der Waals surface area contributed by atoms with Gasteiger partial charge in [0.05, 0.1) is 13.7 Å². The van der Waals surface area contributed by atoms with E-state index < -0.39 is 0 Å². The maximum absolute atomic E-state index is 5.66. The van der Waals surface area contributed by atoms with Crippen LogP contribution in [0.2, 0.25) is 0 Å². The fraction of sp³-hybridized carbons (Fsp3) is 0.750. The highest BCUT2D eigenvalue weighted by Crippen LogP contribution is 2.86. The van der Waals surface area contributed by atoms with Crippen LogP contribution in [-0.2, 0) is 16.6 Å². The molecule has 7 atom stereocenters. The van der Waals surface area contributed by atoms with Crippen molar-refractivity contribution >= 4 is 0 Å². The molecule has 4 heteroatoms. The Morgan fingerprint density at radius 1 is 1.21 bits per heavy atom. The van der Waals surface area contributed by atoms with Crippen LogP contribution in [0.1, 0.15) is 37.3 Å². The molecule has 2 bridgehead atoms. The summed E-state index contributed by atoms with van der Waals surface area (Å²) in [6, 6.07) is 9.16. The van der Waals surface area contributed by atoms with E-state index in [0.29, 0.717) is 16.9 Å². The highest BCUT2D eigenvalue weighted by molar-refractivity contribution is 5.58. The molecule has 0 N–H and O–H groups in total. The average molecular weight is 383 g/mol. The summed E-state index contributed by atoms with van der Waals surface area (Å²) in [7, 11) is 6.03. The van der Waals surface area contributed by atoms with Gasteiger partial charge in [-0.3, -0.25) is 9.80 Å². The molecule has 2 heterocycles. The number of methoxy groups -OCH3 is 2. The zero-order chi connectivity index (χ0) is 19.3. The molecule has 6 rings (SSSR count). The van der Waals surface area contributed by atoms with Gasteiger partial charge in [-0.1, -0.05) is 13.0 Å². The lowest BCUT2D eigenvalue weighted by Crippen LogP contribution is -2.60. The maximum atomic E-state index is 5.66. The summed E-state index contributed by atoms with van der Waals surface area (Å²) < 4.78 is 11.2. The van der Waals surface area contributed by atoms with Crippen molar-refractivity contribution in [1.29, 1.82) is 0 Å². The lowest BCUT2D eigenvalue weighted by atomic mass is 9.63. The first kappa shape index (κ1) is 17.7. The number of benzene rings is 1. The smallest absolute Gasteiger partial charge is 0.119 e. The number of fused-ring (bicyclic) bond motifs is 2. The quantitative estimate of drug-likeness (QED) is 0.755. The number of nitrogens with zero attached hydrogens (tertiary/aromatic N) is 2. The Morgan fingerprint density at radius 2 is 2.07 bits per heavy atom. The molecule has 3 aliphatic carbocycles. The molecule has 0 amide bonds. The molecule has 0 aromatic heterocycles. The van der Waals surface area contributed by atoms with Crippen LogP contribution in [0, 0.1) is 17.3 Å². The molecule has 1 aromatic rings. The minimum absolute atomic E-state index is 0.337. The molecule has 3 unspecified atom stereocenters. The van der Waals surface area contributed by atoms with E-state index in [-0.39, 0.29) is 0 Å². The van der Waals surface area contributed by atoms with E-state index in [1.54, 1.807) is 11.1 Å². The van der Waals surface area contributed by atoms with Gasteiger partial charge in [0.1, 0.15) is 5.75 Å². The summed E-state index contributed by atoms with van der Waals surface area (Å²) in [5, 5.41) is 0. The summed E-state index contributed by atoms with van der Waals surface area (Å²) in [5.74, 6) is 2.61. The Balaban J connectivity index is 1.37. The minimum atomic E-state index is 0.337. The molecule has 4 fully saturated rings. The molecule has 2 saturated carbocycles. The van der Waals surface area contributed by atoms with E-state index in [1.807, 2.05) is 14.2 Å². The van der Waals surface area contributed by atoms with Crippen LogP contribution >= 0.6 is 0 Å². The molecule has 28 heavy (non-hydrogen) atoms. The fourth-order valence-electron chi connectivity index (χ4n) is 8.77. The Bertz CT molecular complexity index is 812.